The normalized spacial score (nSPS) is 19.5. The summed E-state index contributed by atoms with van der Waals surface area (Å²) in [5, 5.41) is 11.8. The minimum atomic E-state index is -3.65. The van der Waals surface area contributed by atoms with Crippen LogP contribution in [0.25, 0.3) is 0 Å². The van der Waals surface area contributed by atoms with Crippen molar-refractivity contribution in [3.63, 3.8) is 0 Å². The molecule has 0 radical (unpaired) electrons. The molecule has 1 fully saturated rings. The molecule has 2 N–H and O–H groups in total. The van der Waals surface area contributed by atoms with Gasteiger partial charge in [-0.3, -0.25) is 14.5 Å². The molecule has 152 valence electrons. The molecule has 10 heteroatoms. The van der Waals surface area contributed by atoms with E-state index in [9.17, 15) is 18.0 Å². The summed E-state index contributed by atoms with van der Waals surface area (Å²) in [5.74, 6) is -1.30. The van der Waals surface area contributed by atoms with Crippen LogP contribution in [-0.4, -0.2) is 92.8 Å². The van der Waals surface area contributed by atoms with E-state index in [1.807, 2.05) is 4.90 Å². The monoisotopic (exact) mass is 393 g/mol. The largest absolute Gasteiger partial charge is 0.480 e. The van der Waals surface area contributed by atoms with Gasteiger partial charge in [0, 0.05) is 26.2 Å². The molecule has 0 aliphatic carbocycles. The molecular weight excluding hydrogens is 362 g/mol. The van der Waals surface area contributed by atoms with E-state index >= 15 is 0 Å². The van der Waals surface area contributed by atoms with E-state index in [0.29, 0.717) is 26.2 Å². The highest BCUT2D eigenvalue weighted by Crippen LogP contribution is 2.17. The highest BCUT2D eigenvalue weighted by atomic mass is 32.2. The summed E-state index contributed by atoms with van der Waals surface area (Å²) in [6, 6.07) is 0. The fourth-order valence-electron chi connectivity index (χ4n) is 2.57. The Balaban J connectivity index is 2.50. The minimum Gasteiger partial charge on any atom is -0.480 e. The van der Waals surface area contributed by atoms with E-state index in [1.165, 1.54) is 0 Å². The topological polar surface area (TPSA) is 116 Å². The van der Waals surface area contributed by atoms with Gasteiger partial charge in [0.1, 0.15) is 6.54 Å². The van der Waals surface area contributed by atoms with Crippen LogP contribution in [0, 0.1) is 5.41 Å². The Labute approximate surface area is 155 Å². The van der Waals surface area contributed by atoms with E-state index in [0.717, 1.165) is 17.0 Å². The van der Waals surface area contributed by atoms with Crippen LogP contribution in [0.5, 0.6) is 0 Å². The molecular formula is C16H31N3O6S. The number of ether oxygens (including phenoxy) is 1. The maximum atomic E-state index is 12.1. The molecule has 9 nitrogen and oxygen atoms in total. The number of carboxylic acid groups (broad SMARTS) is 1. The van der Waals surface area contributed by atoms with Crippen molar-refractivity contribution in [1.29, 1.82) is 0 Å². The van der Waals surface area contributed by atoms with Gasteiger partial charge >= 0.3 is 5.97 Å². The first-order valence-electron chi connectivity index (χ1n) is 8.64. The zero-order valence-electron chi connectivity index (χ0n) is 16.0. The van der Waals surface area contributed by atoms with Crippen LogP contribution in [0.3, 0.4) is 0 Å². The fourth-order valence-corrected chi connectivity index (χ4v) is 3.35. The first-order valence-corrected chi connectivity index (χ1v) is 10.5. The molecule has 0 bridgehead atoms. The van der Waals surface area contributed by atoms with Crippen LogP contribution in [0.2, 0.25) is 0 Å². The number of aliphatic carboxylic acids is 1. The van der Waals surface area contributed by atoms with Gasteiger partial charge in [-0.25, -0.2) is 8.42 Å². The standard InChI is InChI=1S/C16H31N3O6S/c1-16(2,3)5-6-17-14(20)11-18-7-8-25-13(9-18)10-19(12-15(21)22)26(4,23)24/h13H,5-12H2,1-4H3,(H,17,20)(H,21,22)/t13-/m1/s1. The highest BCUT2D eigenvalue weighted by molar-refractivity contribution is 7.88. The van der Waals surface area contributed by atoms with E-state index in [2.05, 4.69) is 26.1 Å². The molecule has 0 aromatic carbocycles. The van der Waals surface area contributed by atoms with Crippen molar-refractivity contribution in [2.75, 3.05) is 52.1 Å². The van der Waals surface area contributed by atoms with Crippen molar-refractivity contribution >= 4 is 21.9 Å². The van der Waals surface area contributed by atoms with Gasteiger partial charge in [-0.2, -0.15) is 4.31 Å². The van der Waals surface area contributed by atoms with Gasteiger partial charge in [-0.15, -0.1) is 0 Å². The third-order valence-electron chi connectivity index (χ3n) is 3.98. The maximum Gasteiger partial charge on any atom is 0.318 e. The number of carboxylic acids is 1. The van der Waals surface area contributed by atoms with E-state index in [1.54, 1.807) is 0 Å². The molecule has 1 saturated heterocycles. The lowest BCUT2D eigenvalue weighted by Gasteiger charge is -2.34. The summed E-state index contributed by atoms with van der Waals surface area (Å²) >= 11 is 0. The third-order valence-corrected chi connectivity index (χ3v) is 5.19. The summed E-state index contributed by atoms with van der Waals surface area (Å²) in [5.41, 5.74) is 0.149. The smallest absolute Gasteiger partial charge is 0.318 e. The van der Waals surface area contributed by atoms with Crippen LogP contribution >= 0.6 is 0 Å². The predicted molar refractivity (Wildman–Crippen MR) is 97.3 cm³/mol. The molecule has 0 saturated carbocycles. The van der Waals surface area contributed by atoms with Crippen LogP contribution < -0.4 is 5.32 Å². The molecule has 1 heterocycles. The zero-order valence-corrected chi connectivity index (χ0v) is 16.8. The molecule has 0 unspecified atom stereocenters. The second-order valence-electron chi connectivity index (χ2n) is 7.84. The van der Waals surface area contributed by atoms with Crippen molar-refractivity contribution in [1.82, 2.24) is 14.5 Å². The fraction of sp³-hybridized carbons (Fsp3) is 0.875. The summed E-state index contributed by atoms with van der Waals surface area (Å²) in [4.78, 5) is 24.8. The quantitative estimate of drug-likeness (QED) is 0.547. The lowest BCUT2D eigenvalue weighted by Crippen LogP contribution is -2.51. The lowest BCUT2D eigenvalue weighted by molar-refractivity contribution is -0.137. The molecule has 1 amide bonds. The number of nitrogens with one attached hydrogen (secondary N) is 1. The molecule has 1 aliphatic rings. The Morgan fingerprint density at radius 1 is 1.35 bits per heavy atom. The molecule has 0 aromatic heterocycles. The number of amides is 1. The number of morpholine rings is 1. The van der Waals surface area contributed by atoms with Crippen molar-refractivity contribution in [3.05, 3.63) is 0 Å². The van der Waals surface area contributed by atoms with Gasteiger partial charge in [0.25, 0.3) is 0 Å². The summed E-state index contributed by atoms with van der Waals surface area (Å²) in [7, 11) is -3.65. The van der Waals surface area contributed by atoms with Gasteiger partial charge < -0.3 is 15.2 Å². The van der Waals surface area contributed by atoms with E-state index in [4.69, 9.17) is 9.84 Å². The molecule has 26 heavy (non-hydrogen) atoms. The van der Waals surface area contributed by atoms with Crippen LogP contribution in [-0.2, 0) is 24.3 Å². The molecule has 1 rings (SSSR count). The number of rotatable bonds is 9. The number of hydrogen-bond donors (Lipinski definition) is 2. The molecule has 1 aliphatic heterocycles. The Hall–Kier alpha value is -1.23. The van der Waals surface area contributed by atoms with Crippen molar-refractivity contribution in [2.24, 2.45) is 5.41 Å². The summed E-state index contributed by atoms with van der Waals surface area (Å²) < 4.78 is 29.9. The van der Waals surface area contributed by atoms with Gasteiger partial charge in [0.2, 0.25) is 15.9 Å². The van der Waals surface area contributed by atoms with Crippen LogP contribution in [0.4, 0.5) is 0 Å². The van der Waals surface area contributed by atoms with Gasteiger partial charge in [-0.05, 0) is 11.8 Å². The van der Waals surface area contributed by atoms with Gasteiger partial charge in [0.05, 0.1) is 25.5 Å². The third kappa shape index (κ3) is 9.46. The zero-order chi connectivity index (χ0) is 20.0. The van der Waals surface area contributed by atoms with Crippen molar-refractivity contribution in [2.45, 2.75) is 33.3 Å². The first-order chi connectivity index (χ1) is 11.9. The average molecular weight is 394 g/mol. The Morgan fingerprint density at radius 3 is 2.54 bits per heavy atom. The second kappa shape index (κ2) is 9.63. The molecule has 1 atom stereocenters. The van der Waals surface area contributed by atoms with Crippen molar-refractivity contribution in [3.8, 4) is 0 Å². The van der Waals surface area contributed by atoms with Crippen molar-refractivity contribution < 1.29 is 27.9 Å². The van der Waals surface area contributed by atoms with E-state index < -0.39 is 28.6 Å². The maximum absolute atomic E-state index is 12.1. The second-order valence-corrected chi connectivity index (χ2v) is 9.82. The first kappa shape index (κ1) is 22.8. The number of nitrogens with zero attached hydrogens (tertiary/aromatic N) is 2. The van der Waals surface area contributed by atoms with Crippen LogP contribution in [0.15, 0.2) is 0 Å². The van der Waals surface area contributed by atoms with E-state index in [-0.39, 0.29) is 24.4 Å². The number of carbonyl (C=O) groups is 2. The number of sulfonamides is 1. The lowest BCUT2D eigenvalue weighted by atomic mass is 9.92. The van der Waals surface area contributed by atoms with Gasteiger partial charge in [0.15, 0.2) is 0 Å². The number of carbonyl (C=O) groups excluding carboxylic acids is 1. The Morgan fingerprint density at radius 2 is 2.00 bits per heavy atom. The Bertz CT molecular complexity index is 587. The number of hydrogen-bond acceptors (Lipinski definition) is 6. The summed E-state index contributed by atoms with van der Waals surface area (Å²) in [6.45, 7) is 7.80. The summed E-state index contributed by atoms with van der Waals surface area (Å²) in [6.07, 6.45) is 1.38. The highest BCUT2D eigenvalue weighted by Gasteiger charge is 2.28. The predicted octanol–water partition coefficient (Wildman–Crippen LogP) is -0.414. The minimum absolute atomic E-state index is 0.0483. The molecule has 0 spiro atoms. The SMILES string of the molecule is CC(C)(C)CCNC(=O)CN1CCO[C@@H](CN(CC(=O)O)S(C)(=O)=O)C1. The van der Waals surface area contributed by atoms with Crippen LogP contribution in [0.1, 0.15) is 27.2 Å². The van der Waals surface area contributed by atoms with Gasteiger partial charge in [-0.1, -0.05) is 20.8 Å². The average Bonchev–Trinajstić information content (AvgIpc) is 2.44. The molecule has 0 aromatic rings. The Kier molecular flexibility index (Phi) is 8.45.